The van der Waals surface area contributed by atoms with Gasteiger partial charge in [0, 0.05) is 12.4 Å². The Morgan fingerprint density at radius 2 is 2.28 bits per heavy atom. The van der Waals surface area contributed by atoms with Crippen molar-refractivity contribution in [3.63, 3.8) is 0 Å². The van der Waals surface area contributed by atoms with E-state index >= 15 is 0 Å². The van der Waals surface area contributed by atoms with Crippen molar-refractivity contribution in [1.82, 2.24) is 9.97 Å². The SMILES string of the molecule is CC(C)COCCSc1nc(N)c2ccsc2n1. The predicted molar refractivity (Wildman–Crippen MR) is 78.2 cm³/mol. The monoisotopic (exact) mass is 283 g/mol. The Labute approximate surface area is 115 Å². The van der Waals surface area contributed by atoms with Crippen LogP contribution in [0.4, 0.5) is 5.82 Å². The lowest BCUT2D eigenvalue weighted by atomic mass is 10.2. The second-order valence-electron chi connectivity index (χ2n) is 4.35. The van der Waals surface area contributed by atoms with Gasteiger partial charge in [0.15, 0.2) is 5.16 Å². The van der Waals surface area contributed by atoms with Crippen LogP contribution in [-0.4, -0.2) is 28.9 Å². The molecule has 98 valence electrons. The fourth-order valence-corrected chi connectivity index (χ4v) is 2.97. The summed E-state index contributed by atoms with van der Waals surface area (Å²) < 4.78 is 5.51. The van der Waals surface area contributed by atoms with Crippen LogP contribution in [0.1, 0.15) is 13.8 Å². The van der Waals surface area contributed by atoms with Crippen molar-refractivity contribution in [3.8, 4) is 0 Å². The van der Waals surface area contributed by atoms with E-state index in [9.17, 15) is 0 Å². The maximum atomic E-state index is 5.88. The van der Waals surface area contributed by atoms with Gasteiger partial charge in [0.05, 0.1) is 12.0 Å². The van der Waals surface area contributed by atoms with E-state index in [1.54, 1.807) is 23.1 Å². The molecule has 6 heteroatoms. The summed E-state index contributed by atoms with van der Waals surface area (Å²) in [6, 6.07) is 1.95. The lowest BCUT2D eigenvalue weighted by Gasteiger charge is -2.06. The van der Waals surface area contributed by atoms with Crippen molar-refractivity contribution in [2.45, 2.75) is 19.0 Å². The molecule has 0 aliphatic carbocycles. The number of hydrogen-bond donors (Lipinski definition) is 1. The average molecular weight is 283 g/mol. The molecule has 2 rings (SSSR count). The minimum atomic E-state index is 0.562. The summed E-state index contributed by atoms with van der Waals surface area (Å²) in [7, 11) is 0. The molecule has 0 saturated carbocycles. The Morgan fingerprint density at radius 1 is 1.44 bits per heavy atom. The molecule has 0 aliphatic heterocycles. The lowest BCUT2D eigenvalue weighted by Crippen LogP contribution is -2.05. The highest BCUT2D eigenvalue weighted by atomic mass is 32.2. The molecule has 0 aromatic carbocycles. The third kappa shape index (κ3) is 3.57. The number of anilines is 1. The normalized spacial score (nSPS) is 11.5. The number of aromatic nitrogens is 2. The number of ether oxygens (including phenoxy) is 1. The second kappa shape index (κ2) is 6.36. The van der Waals surface area contributed by atoms with E-state index in [4.69, 9.17) is 10.5 Å². The minimum absolute atomic E-state index is 0.562. The van der Waals surface area contributed by atoms with Crippen LogP contribution in [0.5, 0.6) is 0 Å². The summed E-state index contributed by atoms with van der Waals surface area (Å²) in [5, 5.41) is 3.66. The van der Waals surface area contributed by atoms with E-state index in [1.807, 2.05) is 11.4 Å². The van der Waals surface area contributed by atoms with E-state index in [0.29, 0.717) is 18.3 Å². The Balaban J connectivity index is 1.88. The molecule has 0 bridgehead atoms. The highest BCUT2D eigenvalue weighted by Crippen LogP contribution is 2.26. The van der Waals surface area contributed by atoms with Crippen molar-refractivity contribution in [2.24, 2.45) is 5.92 Å². The largest absolute Gasteiger partial charge is 0.383 e. The van der Waals surface area contributed by atoms with Gasteiger partial charge in [-0.05, 0) is 17.4 Å². The van der Waals surface area contributed by atoms with Gasteiger partial charge >= 0.3 is 0 Å². The number of hydrogen-bond acceptors (Lipinski definition) is 6. The number of thiophene rings is 1. The molecular formula is C12H17N3OS2. The zero-order valence-corrected chi connectivity index (χ0v) is 12.2. The van der Waals surface area contributed by atoms with E-state index in [-0.39, 0.29) is 0 Å². The molecule has 2 aromatic heterocycles. The van der Waals surface area contributed by atoms with E-state index < -0.39 is 0 Å². The van der Waals surface area contributed by atoms with Gasteiger partial charge in [-0.3, -0.25) is 0 Å². The Morgan fingerprint density at radius 3 is 3.06 bits per heavy atom. The molecule has 0 fully saturated rings. The fourth-order valence-electron chi connectivity index (χ4n) is 1.43. The van der Waals surface area contributed by atoms with Crippen LogP contribution in [-0.2, 0) is 4.74 Å². The van der Waals surface area contributed by atoms with Gasteiger partial charge in [-0.25, -0.2) is 9.97 Å². The minimum Gasteiger partial charge on any atom is -0.383 e. The molecule has 18 heavy (non-hydrogen) atoms. The Bertz CT molecular complexity index is 513. The maximum Gasteiger partial charge on any atom is 0.190 e. The highest BCUT2D eigenvalue weighted by Gasteiger charge is 2.06. The Hall–Kier alpha value is -0.850. The van der Waals surface area contributed by atoms with Crippen LogP contribution < -0.4 is 5.73 Å². The molecule has 0 radical (unpaired) electrons. The second-order valence-corrected chi connectivity index (χ2v) is 6.30. The number of rotatable bonds is 6. The van der Waals surface area contributed by atoms with Crippen molar-refractivity contribution in [3.05, 3.63) is 11.4 Å². The van der Waals surface area contributed by atoms with Crippen LogP contribution in [0, 0.1) is 5.92 Å². The van der Waals surface area contributed by atoms with E-state index in [0.717, 1.165) is 27.7 Å². The van der Waals surface area contributed by atoms with Crippen LogP contribution >= 0.6 is 23.1 Å². The standard InChI is InChI=1S/C12H17N3OS2/c1-8(2)7-16-4-6-18-12-14-10(13)9-3-5-17-11(9)15-12/h3,5,8H,4,6-7H2,1-2H3,(H2,13,14,15). The maximum absolute atomic E-state index is 5.88. The number of nitrogens with two attached hydrogens (primary N) is 1. The van der Waals surface area contributed by atoms with Crippen LogP contribution in [0.25, 0.3) is 10.2 Å². The molecule has 2 heterocycles. The summed E-state index contributed by atoms with van der Waals surface area (Å²) in [6.07, 6.45) is 0. The van der Waals surface area contributed by atoms with Gasteiger partial charge in [-0.15, -0.1) is 11.3 Å². The molecule has 0 aliphatic rings. The summed E-state index contributed by atoms with van der Waals surface area (Å²) in [5.41, 5.74) is 5.88. The zero-order chi connectivity index (χ0) is 13.0. The van der Waals surface area contributed by atoms with Crippen molar-refractivity contribution < 1.29 is 4.74 Å². The summed E-state index contributed by atoms with van der Waals surface area (Å²) in [5.74, 6) is 1.99. The van der Waals surface area contributed by atoms with Gasteiger partial charge < -0.3 is 10.5 Å². The van der Waals surface area contributed by atoms with Gasteiger partial charge in [0.2, 0.25) is 0 Å². The molecule has 0 unspecified atom stereocenters. The third-order valence-electron chi connectivity index (χ3n) is 2.24. The molecule has 0 amide bonds. The number of fused-ring (bicyclic) bond motifs is 1. The smallest absolute Gasteiger partial charge is 0.190 e. The molecule has 4 nitrogen and oxygen atoms in total. The van der Waals surface area contributed by atoms with Crippen LogP contribution in [0.3, 0.4) is 0 Å². The topological polar surface area (TPSA) is 61.0 Å². The molecular weight excluding hydrogens is 266 g/mol. The van der Waals surface area contributed by atoms with Gasteiger partial charge in [-0.1, -0.05) is 25.6 Å². The van der Waals surface area contributed by atoms with Gasteiger partial charge in [0.25, 0.3) is 0 Å². The van der Waals surface area contributed by atoms with E-state index in [2.05, 4.69) is 23.8 Å². The average Bonchev–Trinajstić information content (AvgIpc) is 2.77. The van der Waals surface area contributed by atoms with Gasteiger partial charge in [-0.2, -0.15) is 0 Å². The molecule has 0 spiro atoms. The number of thioether (sulfide) groups is 1. The third-order valence-corrected chi connectivity index (χ3v) is 3.86. The first-order valence-electron chi connectivity index (χ1n) is 5.88. The quantitative estimate of drug-likeness (QED) is 0.501. The van der Waals surface area contributed by atoms with Crippen molar-refractivity contribution in [1.29, 1.82) is 0 Å². The summed E-state index contributed by atoms with van der Waals surface area (Å²) in [4.78, 5) is 9.70. The summed E-state index contributed by atoms with van der Waals surface area (Å²) >= 11 is 3.17. The van der Waals surface area contributed by atoms with Crippen LogP contribution in [0.15, 0.2) is 16.6 Å². The molecule has 0 atom stereocenters. The first kappa shape index (κ1) is 13.6. The van der Waals surface area contributed by atoms with Crippen molar-refractivity contribution >= 4 is 39.1 Å². The first-order valence-corrected chi connectivity index (χ1v) is 7.74. The number of nitrogen functional groups attached to an aromatic ring is 1. The van der Waals surface area contributed by atoms with Crippen LogP contribution in [0.2, 0.25) is 0 Å². The molecule has 2 N–H and O–H groups in total. The number of nitrogens with zero attached hydrogens (tertiary/aromatic N) is 2. The molecule has 0 saturated heterocycles. The Kier molecular flexibility index (Phi) is 4.79. The van der Waals surface area contributed by atoms with Gasteiger partial charge in [0.1, 0.15) is 10.6 Å². The fraction of sp³-hybridized carbons (Fsp3) is 0.500. The predicted octanol–water partition coefficient (Wildman–Crippen LogP) is 3.04. The zero-order valence-electron chi connectivity index (χ0n) is 10.5. The molecule has 2 aromatic rings. The lowest BCUT2D eigenvalue weighted by molar-refractivity contribution is 0.124. The summed E-state index contributed by atoms with van der Waals surface area (Å²) in [6.45, 7) is 5.80. The first-order chi connectivity index (χ1) is 8.66. The van der Waals surface area contributed by atoms with Crippen molar-refractivity contribution in [2.75, 3.05) is 24.7 Å². The van der Waals surface area contributed by atoms with E-state index in [1.165, 1.54) is 0 Å². The highest BCUT2D eigenvalue weighted by molar-refractivity contribution is 7.99.